The molecule has 5 rings (SSSR count). The van der Waals surface area contributed by atoms with Crippen LogP contribution in [0.5, 0.6) is 11.5 Å². The number of thiophene rings is 1. The van der Waals surface area contributed by atoms with Gasteiger partial charge < -0.3 is 24.9 Å². The van der Waals surface area contributed by atoms with Crippen molar-refractivity contribution >= 4 is 39.1 Å². The monoisotopic (exact) mass is 599 g/mol. The molecule has 0 aliphatic carbocycles. The predicted octanol–water partition coefficient (Wildman–Crippen LogP) is 7.04. The Morgan fingerprint density at radius 3 is 2.29 bits per heavy atom. The van der Waals surface area contributed by atoms with Crippen molar-refractivity contribution in [3.63, 3.8) is 0 Å². The molecule has 0 aliphatic heterocycles. The summed E-state index contributed by atoms with van der Waals surface area (Å²) in [6, 6.07) is 15.3. The van der Waals surface area contributed by atoms with Crippen LogP contribution in [0, 0.1) is 5.82 Å². The molecule has 3 aromatic heterocycles. The molecule has 8 nitrogen and oxygen atoms in total. The highest BCUT2D eigenvalue weighted by molar-refractivity contribution is 7.21. The SMILES string of the molecule is CCOc1ccc(OCc2ccc(C(=O)Nc3c(C(N)=O)sc4nc(C(F)(F)F)cc(-c5ccc(F)cc5)c34)o2)cc1. The number of primary amides is 1. The molecule has 2 amide bonds. The van der Waals surface area contributed by atoms with Crippen LogP contribution in [0.3, 0.4) is 0 Å². The second-order valence-corrected chi connectivity index (χ2v) is 9.82. The van der Waals surface area contributed by atoms with Crippen molar-refractivity contribution in [3.05, 3.63) is 94.6 Å². The lowest BCUT2D eigenvalue weighted by Gasteiger charge is -2.12. The minimum Gasteiger partial charge on any atom is -0.494 e. The average Bonchev–Trinajstić information content (AvgIpc) is 3.58. The first-order valence-corrected chi connectivity index (χ1v) is 13.2. The molecule has 0 bridgehead atoms. The van der Waals surface area contributed by atoms with Gasteiger partial charge in [-0.2, -0.15) is 13.2 Å². The highest BCUT2D eigenvalue weighted by atomic mass is 32.1. The maximum absolute atomic E-state index is 13.7. The molecule has 3 N–H and O–H groups in total. The van der Waals surface area contributed by atoms with E-state index in [0.717, 1.165) is 18.2 Å². The maximum atomic E-state index is 13.7. The number of hydrogen-bond donors (Lipinski definition) is 2. The number of amides is 2. The molecular formula is C29H21F4N3O5S. The van der Waals surface area contributed by atoms with Gasteiger partial charge in [0, 0.05) is 5.39 Å². The third-order valence-corrected chi connectivity index (χ3v) is 7.07. The highest BCUT2D eigenvalue weighted by Gasteiger charge is 2.35. The van der Waals surface area contributed by atoms with E-state index in [2.05, 4.69) is 10.3 Å². The van der Waals surface area contributed by atoms with Crippen molar-refractivity contribution in [2.45, 2.75) is 19.7 Å². The number of ether oxygens (including phenoxy) is 2. The van der Waals surface area contributed by atoms with E-state index < -0.39 is 29.5 Å². The van der Waals surface area contributed by atoms with Gasteiger partial charge in [0.1, 0.15) is 45.1 Å². The van der Waals surface area contributed by atoms with E-state index in [0.29, 0.717) is 35.2 Å². The van der Waals surface area contributed by atoms with Gasteiger partial charge in [-0.05, 0) is 72.6 Å². The molecule has 0 spiro atoms. The van der Waals surface area contributed by atoms with Gasteiger partial charge in [-0.15, -0.1) is 11.3 Å². The molecule has 3 heterocycles. The van der Waals surface area contributed by atoms with Crippen LogP contribution in [-0.2, 0) is 12.8 Å². The van der Waals surface area contributed by atoms with E-state index in [4.69, 9.17) is 19.6 Å². The maximum Gasteiger partial charge on any atom is 0.433 e. The standard InChI is InChI=1S/C29H21F4N3O5S/c1-2-39-17-7-9-18(10-8-17)40-14-19-11-12-21(41-19)27(38)36-24-23-20(15-3-5-16(30)6-4-15)13-22(29(31,32)33)35-28(23)42-25(24)26(34)37/h3-13H,2,14H2,1H3,(H2,34,37)(H,36,38). The number of anilines is 1. The summed E-state index contributed by atoms with van der Waals surface area (Å²) in [5.41, 5.74) is 4.32. The van der Waals surface area contributed by atoms with Crippen LogP contribution in [0.4, 0.5) is 23.2 Å². The van der Waals surface area contributed by atoms with Gasteiger partial charge in [-0.3, -0.25) is 9.59 Å². The summed E-state index contributed by atoms with van der Waals surface area (Å²) in [7, 11) is 0. The Hall–Kier alpha value is -4.91. The lowest BCUT2D eigenvalue weighted by atomic mass is 10.0. The Morgan fingerprint density at radius 1 is 1.00 bits per heavy atom. The van der Waals surface area contributed by atoms with E-state index in [1.165, 1.54) is 24.3 Å². The Morgan fingerprint density at radius 2 is 1.67 bits per heavy atom. The number of pyridine rings is 1. The second kappa shape index (κ2) is 11.5. The van der Waals surface area contributed by atoms with Crippen molar-refractivity contribution in [1.82, 2.24) is 4.98 Å². The van der Waals surface area contributed by atoms with Crippen molar-refractivity contribution in [2.75, 3.05) is 11.9 Å². The van der Waals surface area contributed by atoms with Crippen LogP contribution in [0.15, 0.2) is 71.1 Å². The molecule has 216 valence electrons. The summed E-state index contributed by atoms with van der Waals surface area (Å²) in [6.45, 7) is 2.39. The zero-order valence-electron chi connectivity index (χ0n) is 21.8. The van der Waals surface area contributed by atoms with Crippen LogP contribution in [-0.4, -0.2) is 23.4 Å². The summed E-state index contributed by atoms with van der Waals surface area (Å²) in [4.78, 5) is 28.7. The number of fused-ring (bicyclic) bond motifs is 1. The highest BCUT2D eigenvalue weighted by Crippen LogP contribution is 2.43. The van der Waals surface area contributed by atoms with Gasteiger partial charge in [0.25, 0.3) is 11.8 Å². The summed E-state index contributed by atoms with van der Waals surface area (Å²) in [6.07, 6.45) is -4.82. The van der Waals surface area contributed by atoms with Gasteiger partial charge in [-0.1, -0.05) is 12.1 Å². The van der Waals surface area contributed by atoms with Gasteiger partial charge >= 0.3 is 6.18 Å². The number of benzene rings is 2. The van der Waals surface area contributed by atoms with Gasteiger partial charge in [0.2, 0.25) is 0 Å². The fourth-order valence-electron chi connectivity index (χ4n) is 4.10. The Kier molecular flexibility index (Phi) is 7.85. The Labute approximate surface area is 239 Å². The first-order valence-electron chi connectivity index (χ1n) is 12.4. The summed E-state index contributed by atoms with van der Waals surface area (Å²) in [5.74, 6) is -1.01. The molecule has 13 heteroatoms. The molecule has 0 radical (unpaired) electrons. The number of aromatic nitrogens is 1. The van der Waals surface area contributed by atoms with E-state index in [1.54, 1.807) is 24.3 Å². The van der Waals surface area contributed by atoms with E-state index in [1.807, 2.05) is 6.92 Å². The minimum atomic E-state index is -4.82. The lowest BCUT2D eigenvalue weighted by Crippen LogP contribution is -2.16. The third kappa shape index (κ3) is 6.05. The van der Waals surface area contributed by atoms with Crippen LogP contribution >= 0.6 is 11.3 Å². The van der Waals surface area contributed by atoms with Crippen molar-refractivity contribution in [2.24, 2.45) is 5.73 Å². The normalized spacial score (nSPS) is 11.5. The number of nitrogens with zero attached hydrogens (tertiary/aromatic N) is 1. The number of carbonyl (C=O) groups is 2. The molecule has 0 saturated carbocycles. The number of alkyl halides is 3. The predicted molar refractivity (Wildman–Crippen MR) is 147 cm³/mol. The van der Waals surface area contributed by atoms with Gasteiger partial charge in [-0.25, -0.2) is 9.37 Å². The number of hydrogen-bond acceptors (Lipinski definition) is 7. The quantitative estimate of drug-likeness (QED) is 0.176. The third-order valence-electron chi connectivity index (χ3n) is 5.97. The Balaban J connectivity index is 1.46. The first-order chi connectivity index (χ1) is 20.0. The second-order valence-electron chi connectivity index (χ2n) is 8.82. The molecule has 0 saturated heterocycles. The summed E-state index contributed by atoms with van der Waals surface area (Å²) in [5, 5.41) is 2.58. The van der Waals surface area contributed by atoms with Crippen LogP contribution in [0.1, 0.15) is 38.6 Å². The summed E-state index contributed by atoms with van der Waals surface area (Å²) < 4.78 is 71.3. The summed E-state index contributed by atoms with van der Waals surface area (Å²) >= 11 is 0.592. The number of halogens is 4. The number of nitrogens with one attached hydrogen (secondary N) is 1. The molecular weight excluding hydrogens is 578 g/mol. The molecule has 0 atom stereocenters. The van der Waals surface area contributed by atoms with Gasteiger partial charge in [0.05, 0.1) is 12.3 Å². The van der Waals surface area contributed by atoms with Crippen molar-refractivity contribution < 1.29 is 41.0 Å². The zero-order valence-corrected chi connectivity index (χ0v) is 22.6. The van der Waals surface area contributed by atoms with E-state index in [9.17, 15) is 27.2 Å². The average molecular weight is 600 g/mol. The Bertz CT molecular complexity index is 1760. The fourth-order valence-corrected chi connectivity index (χ4v) is 5.11. The van der Waals surface area contributed by atoms with Crippen molar-refractivity contribution in [3.8, 4) is 22.6 Å². The molecule has 0 unspecified atom stereocenters. The number of rotatable bonds is 9. The van der Waals surface area contributed by atoms with Crippen LogP contribution in [0.2, 0.25) is 0 Å². The number of carbonyl (C=O) groups excluding carboxylic acids is 2. The minimum absolute atomic E-state index is 0.00592. The van der Waals surface area contributed by atoms with E-state index in [-0.39, 0.29) is 44.3 Å². The topological polar surface area (TPSA) is 117 Å². The number of furan rings is 1. The largest absolute Gasteiger partial charge is 0.494 e. The zero-order chi connectivity index (χ0) is 30.0. The van der Waals surface area contributed by atoms with Gasteiger partial charge in [0.15, 0.2) is 5.76 Å². The molecule has 0 fully saturated rings. The molecule has 0 aliphatic rings. The molecule has 5 aromatic rings. The number of nitrogens with two attached hydrogens (primary N) is 1. The smallest absolute Gasteiger partial charge is 0.433 e. The van der Waals surface area contributed by atoms with Crippen molar-refractivity contribution in [1.29, 1.82) is 0 Å². The van der Waals surface area contributed by atoms with E-state index >= 15 is 0 Å². The fraction of sp³-hybridized carbons (Fsp3) is 0.138. The molecule has 2 aromatic carbocycles. The van der Waals surface area contributed by atoms with Crippen LogP contribution in [0.25, 0.3) is 21.3 Å². The first kappa shape index (κ1) is 28.6. The van der Waals surface area contributed by atoms with Crippen LogP contribution < -0.4 is 20.5 Å². The molecule has 42 heavy (non-hydrogen) atoms. The lowest BCUT2D eigenvalue weighted by molar-refractivity contribution is -0.140.